The fourth-order valence-corrected chi connectivity index (χ4v) is 4.90. The molecule has 216 valence electrons. The van der Waals surface area contributed by atoms with Gasteiger partial charge in [0, 0.05) is 38.4 Å². The van der Waals surface area contributed by atoms with Crippen LogP contribution in [-0.2, 0) is 9.53 Å². The highest BCUT2D eigenvalue weighted by atomic mass is 19.4. The number of nitrogens with zero attached hydrogens (tertiary/aromatic N) is 5. The largest absolute Gasteiger partial charge is 0.501 e. The van der Waals surface area contributed by atoms with Gasteiger partial charge in [0.05, 0.1) is 18.9 Å². The Balaban J connectivity index is 2.17. The van der Waals surface area contributed by atoms with Gasteiger partial charge in [-0.3, -0.25) is 9.80 Å². The molecule has 0 radical (unpaired) electrons. The van der Waals surface area contributed by atoms with Gasteiger partial charge in [-0.25, -0.2) is 0 Å². The van der Waals surface area contributed by atoms with Crippen molar-refractivity contribution < 1.29 is 22.7 Å². The molecule has 2 heterocycles. The van der Waals surface area contributed by atoms with Crippen molar-refractivity contribution in [3.05, 3.63) is 35.8 Å². The van der Waals surface area contributed by atoms with Crippen molar-refractivity contribution in [2.45, 2.75) is 72.0 Å². The zero-order valence-corrected chi connectivity index (χ0v) is 23.8. The Bertz CT molecular complexity index is 878. The molecule has 0 aromatic carbocycles. The zero-order chi connectivity index (χ0) is 28.3. The van der Waals surface area contributed by atoms with E-state index in [2.05, 4.69) is 28.4 Å². The predicted octanol–water partition coefficient (Wildman–Crippen LogP) is 5.04. The van der Waals surface area contributed by atoms with Gasteiger partial charge in [0.25, 0.3) is 0 Å². The maximum Gasteiger partial charge on any atom is 0.431 e. The third kappa shape index (κ3) is 9.36. The molecule has 38 heavy (non-hydrogen) atoms. The van der Waals surface area contributed by atoms with Gasteiger partial charge in [-0.05, 0) is 64.3 Å². The lowest BCUT2D eigenvalue weighted by Gasteiger charge is -2.44. The van der Waals surface area contributed by atoms with E-state index in [1.807, 2.05) is 24.0 Å². The highest BCUT2D eigenvalue weighted by molar-refractivity contribution is 5.89. The van der Waals surface area contributed by atoms with Crippen LogP contribution in [0.3, 0.4) is 0 Å². The van der Waals surface area contributed by atoms with Crippen LogP contribution < -0.4 is 0 Å². The lowest BCUT2D eigenvalue weighted by atomic mass is 10.1. The second kappa shape index (κ2) is 15.2. The van der Waals surface area contributed by atoms with E-state index in [1.165, 1.54) is 5.01 Å². The molecule has 2 aliphatic rings. The minimum absolute atomic E-state index is 0.0817. The van der Waals surface area contributed by atoms with Crippen molar-refractivity contribution in [1.82, 2.24) is 19.7 Å². The molecule has 0 N–H and O–H groups in total. The highest BCUT2D eigenvalue weighted by Gasteiger charge is 2.36. The first-order valence-corrected chi connectivity index (χ1v) is 13.8. The average molecular weight is 542 g/mol. The first-order valence-electron chi connectivity index (χ1n) is 13.8. The Labute approximate surface area is 226 Å². The Morgan fingerprint density at radius 3 is 2.37 bits per heavy atom. The molecule has 1 unspecified atom stereocenters. The smallest absolute Gasteiger partial charge is 0.431 e. The second-order valence-corrected chi connectivity index (χ2v) is 9.93. The summed E-state index contributed by atoms with van der Waals surface area (Å²) in [6, 6.07) is -0.0817. The van der Waals surface area contributed by atoms with Crippen LogP contribution in [-0.4, -0.2) is 103 Å². The van der Waals surface area contributed by atoms with Gasteiger partial charge in [-0.1, -0.05) is 32.9 Å². The number of halogens is 3. The molecule has 0 spiro atoms. The van der Waals surface area contributed by atoms with E-state index in [0.717, 1.165) is 55.9 Å². The third-order valence-corrected chi connectivity index (χ3v) is 7.25. The van der Waals surface area contributed by atoms with Crippen LogP contribution in [0.25, 0.3) is 0 Å². The fourth-order valence-electron chi connectivity index (χ4n) is 4.90. The second-order valence-electron chi connectivity index (χ2n) is 9.93. The number of hydrogen-bond donors (Lipinski definition) is 0. The molecule has 0 aromatic rings. The van der Waals surface area contributed by atoms with E-state index >= 15 is 0 Å². The number of likely N-dealkylation sites (N-methyl/N-ethyl adjacent to an activating group) is 1. The molecule has 1 atom stereocenters. The van der Waals surface area contributed by atoms with Gasteiger partial charge in [0.1, 0.15) is 12.3 Å². The van der Waals surface area contributed by atoms with E-state index in [4.69, 9.17) is 4.74 Å². The Morgan fingerprint density at radius 1 is 1.13 bits per heavy atom. The van der Waals surface area contributed by atoms with Crippen molar-refractivity contribution in [3.63, 3.8) is 0 Å². The fraction of sp³-hybridized carbons (Fsp3) is 0.714. The van der Waals surface area contributed by atoms with E-state index < -0.39 is 11.9 Å². The quantitative estimate of drug-likeness (QED) is 0.142. The first kappa shape index (κ1) is 31.7. The molecule has 1 amide bonds. The lowest BCUT2D eigenvalue weighted by Crippen LogP contribution is -2.59. The molecule has 2 fully saturated rings. The van der Waals surface area contributed by atoms with Gasteiger partial charge in [-0.15, -0.1) is 0 Å². The number of ether oxygens (including phenoxy) is 1. The molecule has 2 saturated heterocycles. The van der Waals surface area contributed by atoms with Crippen LogP contribution >= 0.6 is 0 Å². The summed E-state index contributed by atoms with van der Waals surface area (Å²) < 4.78 is 45.6. The molecule has 10 heteroatoms. The summed E-state index contributed by atoms with van der Waals surface area (Å²) >= 11 is 0. The van der Waals surface area contributed by atoms with E-state index in [1.54, 1.807) is 21.0 Å². The summed E-state index contributed by atoms with van der Waals surface area (Å²) in [4.78, 5) is 19.8. The molecule has 2 rings (SSSR count). The maximum atomic E-state index is 13.4. The Kier molecular flexibility index (Phi) is 12.7. The summed E-state index contributed by atoms with van der Waals surface area (Å²) in [6.45, 7) is 16.2. The summed E-state index contributed by atoms with van der Waals surface area (Å²) in [5.74, 6) is 0.681. The van der Waals surface area contributed by atoms with Crippen LogP contribution in [0.4, 0.5) is 13.2 Å². The highest BCUT2D eigenvalue weighted by Crippen LogP contribution is 2.22. The molecule has 0 aliphatic carbocycles. The summed E-state index contributed by atoms with van der Waals surface area (Å²) in [5, 5.41) is 5.10. The predicted molar refractivity (Wildman–Crippen MR) is 147 cm³/mol. The molecule has 0 saturated carbocycles. The number of allylic oxidation sites excluding steroid dienone is 4. The molecular weight excluding hydrogens is 495 g/mol. The minimum atomic E-state index is -4.50. The number of amides is 1. The minimum Gasteiger partial charge on any atom is -0.501 e. The van der Waals surface area contributed by atoms with E-state index in [0.29, 0.717) is 26.1 Å². The lowest BCUT2D eigenvalue weighted by molar-refractivity contribution is -0.137. The molecule has 0 aromatic heterocycles. The van der Waals surface area contributed by atoms with E-state index in [-0.39, 0.29) is 31.5 Å². The summed E-state index contributed by atoms with van der Waals surface area (Å²) in [7, 11) is 1.66. The standard InChI is InChI=1S/C28H46F3N5O2/c1-7-12-26(28(29,30)31)32-35(9-3)21-27(37)36-18-17-34(20-25(36)19-33-15-10-11-16-33)22(4)13-14-24(8-2)23(5)38-6/h13-14,25H,4,7-12,15-21H2,1-3,5-6H3/b14-13-,24-23+,32-26+. The first-order chi connectivity index (χ1) is 18.0. The topological polar surface area (TPSA) is 51.6 Å². The number of rotatable bonds is 13. The number of hydrazone groups is 1. The number of carbonyl (C=O) groups excluding carboxylic acids is 1. The Hall–Kier alpha value is -2.49. The average Bonchev–Trinajstić information content (AvgIpc) is 3.40. The van der Waals surface area contributed by atoms with Crippen LogP contribution in [0.2, 0.25) is 0 Å². The number of methoxy groups -OCH3 is 1. The number of carbonyl (C=O) groups is 1. The summed E-state index contributed by atoms with van der Waals surface area (Å²) in [6.07, 6.45) is 2.81. The van der Waals surface area contributed by atoms with Crippen LogP contribution in [0.15, 0.2) is 40.9 Å². The maximum absolute atomic E-state index is 13.4. The van der Waals surface area contributed by atoms with Crippen molar-refractivity contribution in [3.8, 4) is 0 Å². The van der Waals surface area contributed by atoms with Crippen molar-refractivity contribution >= 4 is 11.6 Å². The molecule has 7 nitrogen and oxygen atoms in total. The number of hydrogen-bond acceptors (Lipinski definition) is 6. The monoisotopic (exact) mass is 541 g/mol. The van der Waals surface area contributed by atoms with Gasteiger partial charge >= 0.3 is 6.18 Å². The third-order valence-electron chi connectivity index (χ3n) is 7.25. The normalized spacial score (nSPS) is 20.2. The number of piperazine rings is 1. The van der Waals surface area contributed by atoms with Gasteiger partial charge in [-0.2, -0.15) is 18.3 Å². The van der Waals surface area contributed by atoms with Gasteiger partial charge in [0.15, 0.2) is 0 Å². The van der Waals surface area contributed by atoms with Gasteiger partial charge < -0.3 is 19.4 Å². The van der Waals surface area contributed by atoms with Crippen LogP contribution in [0.1, 0.15) is 59.8 Å². The zero-order valence-electron chi connectivity index (χ0n) is 23.8. The van der Waals surface area contributed by atoms with E-state index in [9.17, 15) is 18.0 Å². The number of likely N-dealkylation sites (tertiary alicyclic amines) is 1. The van der Waals surface area contributed by atoms with Crippen LogP contribution in [0, 0.1) is 0 Å². The van der Waals surface area contributed by atoms with Crippen molar-refractivity contribution in [2.75, 3.05) is 59.5 Å². The SMILES string of the molecule is C=C(/C=C\C(CC)=C(/C)OC)N1CCN(C(=O)CN(CC)/N=C(\CCC)C(F)(F)F)C(CN2CCCC2)C1. The van der Waals surface area contributed by atoms with Crippen molar-refractivity contribution in [2.24, 2.45) is 5.10 Å². The van der Waals surface area contributed by atoms with Crippen molar-refractivity contribution in [1.29, 1.82) is 0 Å². The van der Waals surface area contributed by atoms with Crippen LogP contribution in [0.5, 0.6) is 0 Å². The molecule has 2 aliphatic heterocycles. The number of alkyl halides is 3. The molecular formula is C28H46F3N5O2. The summed E-state index contributed by atoms with van der Waals surface area (Å²) in [5.41, 5.74) is 1.13. The molecule has 0 bridgehead atoms. The Morgan fingerprint density at radius 2 is 1.82 bits per heavy atom. The van der Waals surface area contributed by atoms with Gasteiger partial charge in [0.2, 0.25) is 5.91 Å².